The molecule has 2 heterocycles. The van der Waals surface area contributed by atoms with Gasteiger partial charge in [0.1, 0.15) is 18.5 Å². The normalized spacial score (nSPS) is 21.1. The van der Waals surface area contributed by atoms with Crippen molar-refractivity contribution in [3.05, 3.63) is 23.7 Å². The lowest BCUT2D eigenvalue weighted by molar-refractivity contribution is -0.0310. The zero-order valence-corrected chi connectivity index (χ0v) is 9.11. The summed E-state index contributed by atoms with van der Waals surface area (Å²) in [5.41, 5.74) is 0.541. The number of carbonyl (C=O) groups excluding carboxylic acids is 1. The smallest absolute Gasteiger partial charge is 0.257 e. The maximum absolute atomic E-state index is 12.5. The van der Waals surface area contributed by atoms with Crippen LogP contribution in [0.25, 0.3) is 0 Å². The molecule has 0 bridgehead atoms. The van der Waals surface area contributed by atoms with Crippen LogP contribution in [0.15, 0.2) is 16.7 Å². The van der Waals surface area contributed by atoms with Crippen molar-refractivity contribution in [1.82, 2.24) is 4.90 Å². The van der Waals surface area contributed by atoms with E-state index in [1.54, 1.807) is 17.9 Å². The number of rotatable bonds is 2. The minimum atomic E-state index is -0.561. The third-order valence-electron chi connectivity index (χ3n) is 2.69. The van der Waals surface area contributed by atoms with E-state index in [9.17, 15) is 9.18 Å². The van der Waals surface area contributed by atoms with Gasteiger partial charge in [-0.3, -0.25) is 4.79 Å². The van der Waals surface area contributed by atoms with Gasteiger partial charge in [-0.15, -0.1) is 0 Å². The minimum Gasteiger partial charge on any atom is -0.469 e. The number of amides is 1. The van der Waals surface area contributed by atoms with Gasteiger partial charge in [-0.2, -0.15) is 0 Å². The maximum Gasteiger partial charge on any atom is 0.257 e. The van der Waals surface area contributed by atoms with Gasteiger partial charge in [-0.25, -0.2) is 4.39 Å². The number of hydrogen-bond acceptors (Lipinski definition) is 3. The van der Waals surface area contributed by atoms with E-state index in [0.717, 1.165) is 0 Å². The summed E-state index contributed by atoms with van der Waals surface area (Å²) in [6.07, 6.45) is 0.986. The van der Waals surface area contributed by atoms with Crippen LogP contribution < -0.4 is 0 Å². The number of ether oxygens (including phenoxy) is 1. The zero-order chi connectivity index (χ0) is 11.5. The fraction of sp³-hybridized carbons (Fsp3) is 0.545. The molecule has 0 spiro atoms. The second-order valence-corrected chi connectivity index (χ2v) is 3.79. The van der Waals surface area contributed by atoms with E-state index in [1.807, 2.05) is 0 Å². The standard InChI is InChI=1S/C11H14FNO3/c1-8-10(2-4-15-8)11(14)13-3-5-16-9(6-12)7-13/h2,4,9H,3,5-7H2,1H3. The minimum absolute atomic E-state index is 0.118. The molecule has 1 aliphatic rings. The Hall–Kier alpha value is -1.36. The topological polar surface area (TPSA) is 42.7 Å². The fourth-order valence-electron chi connectivity index (χ4n) is 1.77. The number of halogens is 1. The molecule has 1 saturated heterocycles. The van der Waals surface area contributed by atoms with Crippen LogP contribution in [-0.4, -0.2) is 43.3 Å². The first-order valence-corrected chi connectivity index (χ1v) is 5.23. The van der Waals surface area contributed by atoms with Crippen molar-refractivity contribution < 1.29 is 18.3 Å². The summed E-state index contributed by atoms with van der Waals surface area (Å²) in [4.78, 5) is 13.6. The van der Waals surface area contributed by atoms with E-state index in [4.69, 9.17) is 9.15 Å². The maximum atomic E-state index is 12.5. The van der Waals surface area contributed by atoms with Crippen LogP contribution in [0.1, 0.15) is 16.1 Å². The van der Waals surface area contributed by atoms with Crippen LogP contribution in [0.5, 0.6) is 0 Å². The Morgan fingerprint density at radius 1 is 1.69 bits per heavy atom. The molecule has 0 saturated carbocycles. The third-order valence-corrected chi connectivity index (χ3v) is 2.69. The first kappa shape index (κ1) is 11.1. The molecule has 0 aromatic carbocycles. The largest absolute Gasteiger partial charge is 0.469 e. The highest BCUT2D eigenvalue weighted by Crippen LogP contribution is 2.15. The van der Waals surface area contributed by atoms with Crippen LogP contribution >= 0.6 is 0 Å². The van der Waals surface area contributed by atoms with Gasteiger partial charge in [-0.05, 0) is 13.0 Å². The Morgan fingerprint density at radius 2 is 2.50 bits per heavy atom. The molecule has 1 aromatic rings. The van der Waals surface area contributed by atoms with Gasteiger partial charge >= 0.3 is 0 Å². The van der Waals surface area contributed by atoms with E-state index in [-0.39, 0.29) is 5.91 Å². The molecule has 1 fully saturated rings. The molecule has 5 heteroatoms. The van der Waals surface area contributed by atoms with Crippen molar-refractivity contribution in [2.24, 2.45) is 0 Å². The second kappa shape index (κ2) is 4.65. The van der Waals surface area contributed by atoms with Crippen molar-refractivity contribution in [1.29, 1.82) is 0 Å². The van der Waals surface area contributed by atoms with E-state index in [2.05, 4.69) is 0 Å². The van der Waals surface area contributed by atoms with Crippen molar-refractivity contribution in [3.8, 4) is 0 Å². The van der Waals surface area contributed by atoms with Crippen LogP contribution in [0.2, 0.25) is 0 Å². The first-order chi connectivity index (χ1) is 7.72. The number of nitrogens with zero attached hydrogens (tertiary/aromatic N) is 1. The van der Waals surface area contributed by atoms with Crippen molar-refractivity contribution in [3.63, 3.8) is 0 Å². The average molecular weight is 227 g/mol. The molecule has 4 nitrogen and oxygen atoms in total. The van der Waals surface area contributed by atoms with Crippen molar-refractivity contribution in [2.45, 2.75) is 13.0 Å². The molecule has 16 heavy (non-hydrogen) atoms. The quantitative estimate of drug-likeness (QED) is 0.767. The van der Waals surface area contributed by atoms with Gasteiger partial charge in [0.25, 0.3) is 5.91 Å². The van der Waals surface area contributed by atoms with E-state index in [0.29, 0.717) is 31.0 Å². The van der Waals surface area contributed by atoms with E-state index in [1.165, 1.54) is 6.26 Å². The lowest BCUT2D eigenvalue weighted by atomic mass is 10.2. The van der Waals surface area contributed by atoms with Crippen LogP contribution in [0, 0.1) is 6.92 Å². The summed E-state index contributed by atoms with van der Waals surface area (Å²) in [6, 6.07) is 1.64. The van der Waals surface area contributed by atoms with Gasteiger partial charge in [0, 0.05) is 13.1 Å². The summed E-state index contributed by atoms with van der Waals surface area (Å²) in [5.74, 6) is 0.473. The molecule has 0 radical (unpaired) electrons. The van der Waals surface area contributed by atoms with Crippen molar-refractivity contribution >= 4 is 5.91 Å². The van der Waals surface area contributed by atoms with Gasteiger partial charge < -0.3 is 14.1 Å². The summed E-state index contributed by atoms with van der Waals surface area (Å²) in [7, 11) is 0. The number of aryl methyl sites for hydroxylation is 1. The number of carbonyl (C=O) groups is 1. The predicted octanol–water partition coefficient (Wildman–Crippen LogP) is 1.40. The number of morpholine rings is 1. The molecular formula is C11H14FNO3. The molecule has 1 aromatic heterocycles. The lowest BCUT2D eigenvalue weighted by Crippen LogP contribution is -2.46. The molecule has 2 rings (SSSR count). The first-order valence-electron chi connectivity index (χ1n) is 5.23. The molecule has 0 aliphatic carbocycles. The highest BCUT2D eigenvalue weighted by atomic mass is 19.1. The number of hydrogen-bond donors (Lipinski definition) is 0. The summed E-state index contributed by atoms with van der Waals surface area (Å²) < 4.78 is 22.7. The highest BCUT2D eigenvalue weighted by Gasteiger charge is 2.26. The van der Waals surface area contributed by atoms with Gasteiger partial charge in [0.05, 0.1) is 18.4 Å². The summed E-state index contributed by atoms with van der Waals surface area (Å²) >= 11 is 0. The molecule has 0 N–H and O–H groups in total. The predicted molar refractivity (Wildman–Crippen MR) is 55.1 cm³/mol. The van der Waals surface area contributed by atoms with Gasteiger partial charge in [-0.1, -0.05) is 0 Å². The SMILES string of the molecule is Cc1occc1C(=O)N1CCOC(CF)C1. The van der Waals surface area contributed by atoms with Gasteiger partial charge in [0.15, 0.2) is 0 Å². The van der Waals surface area contributed by atoms with Crippen molar-refractivity contribution in [2.75, 3.05) is 26.4 Å². The molecule has 1 aliphatic heterocycles. The Bertz CT molecular complexity index is 377. The Balaban J connectivity index is 2.07. The van der Waals surface area contributed by atoms with Crippen LogP contribution in [-0.2, 0) is 4.74 Å². The summed E-state index contributed by atoms with van der Waals surface area (Å²) in [6.45, 7) is 2.37. The Labute approximate surface area is 93.0 Å². The molecule has 1 amide bonds. The monoisotopic (exact) mass is 227 g/mol. The number of alkyl halides is 1. The number of furan rings is 1. The lowest BCUT2D eigenvalue weighted by Gasteiger charge is -2.31. The van der Waals surface area contributed by atoms with E-state index < -0.39 is 12.8 Å². The highest BCUT2D eigenvalue weighted by molar-refractivity contribution is 5.95. The van der Waals surface area contributed by atoms with Gasteiger partial charge in [0.2, 0.25) is 0 Å². The fourth-order valence-corrected chi connectivity index (χ4v) is 1.77. The Kier molecular flexibility index (Phi) is 3.24. The second-order valence-electron chi connectivity index (χ2n) is 3.79. The molecular weight excluding hydrogens is 213 g/mol. The zero-order valence-electron chi connectivity index (χ0n) is 9.11. The summed E-state index contributed by atoms with van der Waals surface area (Å²) in [5, 5.41) is 0. The molecule has 1 atom stereocenters. The Morgan fingerprint density at radius 3 is 3.12 bits per heavy atom. The molecule has 1 unspecified atom stereocenters. The third kappa shape index (κ3) is 2.09. The molecule has 88 valence electrons. The van der Waals surface area contributed by atoms with E-state index >= 15 is 0 Å². The van der Waals surface area contributed by atoms with Crippen LogP contribution in [0.4, 0.5) is 4.39 Å². The average Bonchev–Trinajstić information content (AvgIpc) is 2.74. The van der Waals surface area contributed by atoms with Crippen LogP contribution in [0.3, 0.4) is 0 Å².